The molecule has 0 radical (unpaired) electrons. The molecule has 0 spiro atoms. The van der Waals surface area contributed by atoms with Crippen LogP contribution in [0.4, 0.5) is 5.69 Å². The van der Waals surface area contributed by atoms with Crippen molar-refractivity contribution in [1.82, 2.24) is 20.1 Å². The van der Waals surface area contributed by atoms with E-state index in [-0.39, 0.29) is 17.7 Å². The van der Waals surface area contributed by atoms with Gasteiger partial charge in [0.2, 0.25) is 11.8 Å². The van der Waals surface area contributed by atoms with Gasteiger partial charge in [-0.1, -0.05) is 32.0 Å². The van der Waals surface area contributed by atoms with Crippen molar-refractivity contribution in [3.05, 3.63) is 47.4 Å². The molecule has 0 aliphatic carbocycles. The molecular weight excluding hydrogens is 374 g/mol. The van der Waals surface area contributed by atoms with E-state index in [2.05, 4.69) is 25.4 Å². The number of anilines is 1. The molecule has 0 aliphatic rings. The first-order valence-corrected chi connectivity index (χ1v) is 9.93. The Morgan fingerprint density at radius 1 is 1.25 bits per heavy atom. The second-order valence-electron chi connectivity index (χ2n) is 7.60. The quantitative estimate of drug-likeness (QED) is 0.517. The number of carbonyl (C=O) groups is 1. The largest absolute Gasteiger partial charge is 0.339 e. The maximum absolute atomic E-state index is 12.3. The Morgan fingerprint density at radius 3 is 2.82 bits per heavy atom. The summed E-state index contributed by atoms with van der Waals surface area (Å²) in [6, 6.07) is 9.65. The first-order chi connectivity index (χ1) is 13.4. The lowest BCUT2D eigenvalue weighted by molar-refractivity contribution is -0.116. The van der Waals surface area contributed by atoms with E-state index in [1.54, 1.807) is 11.3 Å². The number of amides is 1. The number of hydrogen-bond donors (Lipinski definition) is 2. The Balaban J connectivity index is 1.40. The Bertz CT molecular complexity index is 1110. The van der Waals surface area contributed by atoms with Gasteiger partial charge < -0.3 is 14.8 Å². The molecule has 1 amide bonds. The fourth-order valence-corrected chi connectivity index (χ4v) is 3.39. The van der Waals surface area contributed by atoms with Gasteiger partial charge in [-0.3, -0.25) is 4.79 Å². The Labute approximate surface area is 166 Å². The van der Waals surface area contributed by atoms with Gasteiger partial charge in [-0.05, 0) is 29.6 Å². The number of nitrogens with zero attached hydrogens (tertiary/aromatic N) is 3. The molecule has 0 aliphatic heterocycles. The summed E-state index contributed by atoms with van der Waals surface area (Å²) >= 11 is 1.63. The van der Waals surface area contributed by atoms with Gasteiger partial charge in [-0.15, -0.1) is 11.3 Å². The average molecular weight is 395 g/mol. The van der Waals surface area contributed by atoms with E-state index in [1.807, 2.05) is 56.5 Å². The molecule has 4 rings (SSSR count). The lowest BCUT2D eigenvalue weighted by Crippen LogP contribution is -2.14. The number of benzene rings is 1. The lowest BCUT2D eigenvalue weighted by atomic mass is 9.96. The van der Waals surface area contributed by atoms with Crippen LogP contribution < -0.4 is 5.32 Å². The van der Waals surface area contributed by atoms with Gasteiger partial charge in [-0.2, -0.15) is 4.98 Å². The minimum absolute atomic E-state index is 0.104. The zero-order valence-electron chi connectivity index (χ0n) is 15.9. The normalized spacial score (nSPS) is 11.8. The number of aromatic amines is 1. The third kappa shape index (κ3) is 3.96. The summed E-state index contributed by atoms with van der Waals surface area (Å²) < 4.78 is 5.23. The minimum atomic E-state index is -0.175. The molecule has 3 aromatic heterocycles. The number of thiophene rings is 1. The Kier molecular flexibility index (Phi) is 4.72. The van der Waals surface area contributed by atoms with Crippen molar-refractivity contribution in [1.29, 1.82) is 0 Å². The smallest absolute Gasteiger partial charge is 0.227 e. The van der Waals surface area contributed by atoms with Crippen molar-refractivity contribution in [3.8, 4) is 10.7 Å². The first-order valence-electron chi connectivity index (χ1n) is 9.05. The topological polar surface area (TPSA) is 96.7 Å². The number of hydrogen-bond acceptors (Lipinski definition) is 6. The Hall–Kier alpha value is -3.00. The highest BCUT2D eigenvalue weighted by Gasteiger charge is 2.21. The summed E-state index contributed by atoms with van der Waals surface area (Å²) in [6.07, 6.45) is 0.678. The second-order valence-corrected chi connectivity index (χ2v) is 8.55. The molecule has 0 saturated carbocycles. The number of nitrogens with one attached hydrogen (secondary N) is 2. The van der Waals surface area contributed by atoms with Crippen molar-refractivity contribution >= 4 is 34.0 Å². The molecule has 144 valence electrons. The predicted octanol–water partition coefficient (Wildman–Crippen LogP) is 4.54. The number of rotatable bonds is 5. The molecule has 0 saturated heterocycles. The maximum Gasteiger partial charge on any atom is 0.227 e. The van der Waals surface area contributed by atoms with E-state index in [4.69, 9.17) is 4.52 Å². The van der Waals surface area contributed by atoms with Crippen molar-refractivity contribution in [2.45, 2.75) is 39.0 Å². The van der Waals surface area contributed by atoms with Gasteiger partial charge >= 0.3 is 0 Å². The highest BCUT2D eigenvalue weighted by Crippen LogP contribution is 2.26. The van der Waals surface area contributed by atoms with Crippen LogP contribution in [0.1, 0.15) is 38.9 Å². The molecular formula is C20H21N5O2S. The molecule has 0 fully saturated rings. The fourth-order valence-electron chi connectivity index (χ4n) is 2.72. The molecule has 2 N–H and O–H groups in total. The molecule has 3 heterocycles. The van der Waals surface area contributed by atoms with E-state index in [0.717, 1.165) is 27.4 Å². The van der Waals surface area contributed by atoms with Crippen LogP contribution in [-0.4, -0.2) is 26.0 Å². The Morgan fingerprint density at radius 2 is 2.11 bits per heavy atom. The van der Waals surface area contributed by atoms with Crippen LogP contribution >= 0.6 is 11.3 Å². The maximum atomic E-state index is 12.3. The summed E-state index contributed by atoms with van der Waals surface area (Å²) in [7, 11) is 0. The summed E-state index contributed by atoms with van der Waals surface area (Å²) in [4.78, 5) is 25.6. The molecule has 1 aromatic carbocycles. The number of fused-ring (bicyclic) bond motifs is 1. The summed E-state index contributed by atoms with van der Waals surface area (Å²) in [6.45, 7) is 6.05. The average Bonchev–Trinajstić information content (AvgIpc) is 3.37. The first kappa shape index (κ1) is 18.4. The minimum Gasteiger partial charge on any atom is -0.339 e. The number of aromatic nitrogens is 4. The van der Waals surface area contributed by atoms with Crippen LogP contribution in [0.3, 0.4) is 0 Å². The molecule has 7 nitrogen and oxygen atoms in total. The van der Waals surface area contributed by atoms with Gasteiger partial charge in [0, 0.05) is 23.9 Å². The molecule has 28 heavy (non-hydrogen) atoms. The number of carbonyl (C=O) groups excluding carboxylic acids is 1. The fraction of sp³-hybridized carbons (Fsp3) is 0.300. The predicted molar refractivity (Wildman–Crippen MR) is 109 cm³/mol. The van der Waals surface area contributed by atoms with Crippen LogP contribution in [0.15, 0.2) is 40.2 Å². The summed E-state index contributed by atoms with van der Waals surface area (Å²) in [5.74, 6) is 1.85. The van der Waals surface area contributed by atoms with Crippen LogP contribution in [0, 0.1) is 0 Å². The van der Waals surface area contributed by atoms with Crippen molar-refractivity contribution in [3.63, 3.8) is 0 Å². The van der Waals surface area contributed by atoms with Gasteiger partial charge in [-0.25, -0.2) is 4.98 Å². The highest BCUT2D eigenvalue weighted by atomic mass is 32.1. The third-order valence-electron chi connectivity index (χ3n) is 4.23. The lowest BCUT2D eigenvalue weighted by Gasteiger charge is -2.10. The van der Waals surface area contributed by atoms with Gasteiger partial charge in [0.05, 0.1) is 15.9 Å². The van der Waals surface area contributed by atoms with Crippen LogP contribution in [0.25, 0.3) is 21.7 Å². The van der Waals surface area contributed by atoms with Crippen LogP contribution in [-0.2, 0) is 16.6 Å². The van der Waals surface area contributed by atoms with Crippen LogP contribution in [0.2, 0.25) is 0 Å². The zero-order chi connectivity index (χ0) is 19.7. The van der Waals surface area contributed by atoms with Gasteiger partial charge in [0.25, 0.3) is 0 Å². The van der Waals surface area contributed by atoms with Crippen molar-refractivity contribution < 1.29 is 9.32 Å². The standard InChI is InChI=1S/C20H21N5O2S/c1-20(2,3)19-24-17(27-25-19)9-8-16(26)21-12-6-7-13-14(11-12)23-18(22-13)15-5-4-10-28-15/h4-7,10-11H,8-9H2,1-3H3,(H,21,26)(H,22,23). The molecule has 4 aromatic rings. The van der Waals surface area contributed by atoms with Crippen molar-refractivity contribution in [2.75, 3.05) is 5.32 Å². The van der Waals surface area contributed by atoms with Gasteiger partial charge in [0.1, 0.15) is 5.82 Å². The molecule has 0 atom stereocenters. The van der Waals surface area contributed by atoms with E-state index < -0.39 is 0 Å². The molecule has 0 unspecified atom stereocenters. The number of imidazole rings is 1. The van der Waals surface area contributed by atoms with E-state index in [1.165, 1.54) is 0 Å². The van der Waals surface area contributed by atoms with E-state index >= 15 is 0 Å². The van der Waals surface area contributed by atoms with E-state index in [0.29, 0.717) is 18.1 Å². The second kappa shape index (κ2) is 7.20. The summed E-state index contributed by atoms with van der Waals surface area (Å²) in [5.41, 5.74) is 2.29. The van der Waals surface area contributed by atoms with Gasteiger partial charge in [0.15, 0.2) is 5.82 Å². The monoisotopic (exact) mass is 395 g/mol. The number of aryl methyl sites for hydroxylation is 1. The van der Waals surface area contributed by atoms with E-state index in [9.17, 15) is 4.79 Å². The molecule has 8 heteroatoms. The highest BCUT2D eigenvalue weighted by molar-refractivity contribution is 7.13. The number of H-pyrrole nitrogens is 1. The third-order valence-corrected chi connectivity index (χ3v) is 5.10. The van der Waals surface area contributed by atoms with Crippen molar-refractivity contribution in [2.24, 2.45) is 0 Å². The molecule has 0 bridgehead atoms. The SMILES string of the molecule is CC(C)(C)c1noc(CCC(=O)Nc2ccc3nc(-c4cccs4)[nH]c3c2)n1. The summed E-state index contributed by atoms with van der Waals surface area (Å²) in [5, 5.41) is 8.91. The van der Waals surface area contributed by atoms with Crippen LogP contribution in [0.5, 0.6) is 0 Å². The zero-order valence-corrected chi connectivity index (χ0v) is 16.8.